The third kappa shape index (κ3) is 17.7. The van der Waals surface area contributed by atoms with Crippen molar-refractivity contribution in [2.24, 2.45) is 11.8 Å². The molecule has 0 aromatic heterocycles. The standard InChI is InChI=1S/C13H26O2.C8H16O2/c1-4-6-7-8-9-10-11-15-13(14)12(3)5-2;1-3-7(2)8(10)5-4-6-9/h12H,4-11H2,1-3H3;7,9H,3-6H2,1-2H3. The minimum Gasteiger partial charge on any atom is -0.465 e. The van der Waals surface area contributed by atoms with E-state index in [9.17, 15) is 9.59 Å². The van der Waals surface area contributed by atoms with E-state index in [1.807, 2.05) is 27.7 Å². The van der Waals surface area contributed by atoms with E-state index in [4.69, 9.17) is 9.84 Å². The molecule has 25 heavy (non-hydrogen) atoms. The van der Waals surface area contributed by atoms with Gasteiger partial charge in [0.2, 0.25) is 0 Å². The summed E-state index contributed by atoms with van der Waals surface area (Å²) >= 11 is 0. The quantitative estimate of drug-likeness (QED) is 0.337. The van der Waals surface area contributed by atoms with E-state index in [2.05, 4.69) is 6.92 Å². The monoisotopic (exact) mass is 358 g/mol. The second-order valence-electron chi connectivity index (χ2n) is 6.85. The summed E-state index contributed by atoms with van der Waals surface area (Å²) in [6.07, 6.45) is 10.3. The number of carbonyl (C=O) groups excluding carboxylic acids is 2. The van der Waals surface area contributed by atoms with Crippen molar-refractivity contribution in [3.05, 3.63) is 0 Å². The van der Waals surface area contributed by atoms with Crippen LogP contribution in [-0.2, 0) is 14.3 Å². The van der Waals surface area contributed by atoms with Crippen LogP contribution in [0, 0.1) is 11.8 Å². The second kappa shape index (κ2) is 19.4. The van der Waals surface area contributed by atoms with Gasteiger partial charge in [0.05, 0.1) is 12.5 Å². The molecule has 0 aliphatic heterocycles. The van der Waals surface area contributed by atoms with Gasteiger partial charge in [0.25, 0.3) is 0 Å². The van der Waals surface area contributed by atoms with E-state index >= 15 is 0 Å². The lowest BCUT2D eigenvalue weighted by Crippen LogP contribution is -2.14. The van der Waals surface area contributed by atoms with E-state index in [1.54, 1.807) is 0 Å². The van der Waals surface area contributed by atoms with Crippen LogP contribution in [0.15, 0.2) is 0 Å². The molecule has 0 bridgehead atoms. The molecule has 2 unspecified atom stereocenters. The van der Waals surface area contributed by atoms with E-state index in [0.29, 0.717) is 19.4 Å². The van der Waals surface area contributed by atoms with Gasteiger partial charge in [-0.15, -0.1) is 0 Å². The minimum atomic E-state index is -0.0361. The van der Waals surface area contributed by atoms with Crippen molar-refractivity contribution in [1.82, 2.24) is 0 Å². The predicted octanol–water partition coefficient (Wildman–Crippen LogP) is 5.31. The van der Waals surface area contributed by atoms with Crippen LogP contribution in [0.3, 0.4) is 0 Å². The van der Waals surface area contributed by atoms with Crippen molar-refractivity contribution < 1.29 is 19.4 Å². The van der Waals surface area contributed by atoms with E-state index < -0.39 is 0 Å². The van der Waals surface area contributed by atoms with Crippen molar-refractivity contribution in [2.75, 3.05) is 13.2 Å². The molecule has 0 saturated carbocycles. The molecule has 4 heteroatoms. The molecule has 0 amide bonds. The summed E-state index contributed by atoms with van der Waals surface area (Å²) in [7, 11) is 0. The zero-order valence-electron chi connectivity index (χ0n) is 17.3. The van der Waals surface area contributed by atoms with Gasteiger partial charge in [-0.3, -0.25) is 9.59 Å². The topological polar surface area (TPSA) is 63.6 Å². The molecular formula is C21H42O4. The fraction of sp³-hybridized carbons (Fsp3) is 0.905. The van der Waals surface area contributed by atoms with Crippen LogP contribution in [0.2, 0.25) is 0 Å². The van der Waals surface area contributed by atoms with Crippen LogP contribution in [0.5, 0.6) is 0 Å². The van der Waals surface area contributed by atoms with Crippen LogP contribution in [0.1, 0.15) is 98.8 Å². The Hall–Kier alpha value is -0.900. The van der Waals surface area contributed by atoms with Crippen LogP contribution in [0.4, 0.5) is 0 Å². The number of carbonyl (C=O) groups is 2. The van der Waals surface area contributed by atoms with Crippen molar-refractivity contribution in [3.8, 4) is 0 Å². The summed E-state index contributed by atoms with van der Waals surface area (Å²) in [6.45, 7) is 10.8. The number of Topliss-reactive ketones (excluding diaryl/α,β-unsaturated/α-hetero) is 1. The summed E-state index contributed by atoms with van der Waals surface area (Å²) in [5.41, 5.74) is 0. The molecule has 0 heterocycles. The Bertz CT molecular complexity index is 315. The second-order valence-corrected chi connectivity index (χ2v) is 6.85. The Morgan fingerprint density at radius 1 is 0.840 bits per heavy atom. The van der Waals surface area contributed by atoms with Crippen molar-refractivity contribution in [3.63, 3.8) is 0 Å². The van der Waals surface area contributed by atoms with Crippen molar-refractivity contribution in [1.29, 1.82) is 0 Å². The lowest BCUT2D eigenvalue weighted by molar-refractivity contribution is -0.148. The minimum absolute atomic E-state index is 0.0361. The molecule has 0 aromatic rings. The lowest BCUT2D eigenvalue weighted by Gasteiger charge is -2.08. The summed E-state index contributed by atoms with van der Waals surface area (Å²) < 4.78 is 5.16. The van der Waals surface area contributed by atoms with Gasteiger partial charge < -0.3 is 9.84 Å². The van der Waals surface area contributed by atoms with Crippen LogP contribution in [0.25, 0.3) is 0 Å². The van der Waals surface area contributed by atoms with Gasteiger partial charge in [0.15, 0.2) is 0 Å². The summed E-state index contributed by atoms with van der Waals surface area (Å²) in [5, 5.41) is 8.42. The lowest BCUT2D eigenvalue weighted by atomic mass is 10.0. The highest BCUT2D eigenvalue weighted by atomic mass is 16.5. The first-order valence-corrected chi connectivity index (χ1v) is 10.2. The van der Waals surface area contributed by atoms with E-state index in [-0.39, 0.29) is 30.2 Å². The molecule has 0 aliphatic rings. The number of aliphatic hydroxyl groups is 1. The molecule has 0 rings (SSSR count). The van der Waals surface area contributed by atoms with Gasteiger partial charge in [0, 0.05) is 18.9 Å². The maximum absolute atomic E-state index is 11.3. The molecule has 0 aromatic carbocycles. The highest BCUT2D eigenvalue weighted by Gasteiger charge is 2.11. The molecule has 150 valence electrons. The molecule has 2 atom stereocenters. The smallest absolute Gasteiger partial charge is 0.308 e. The Morgan fingerprint density at radius 3 is 1.92 bits per heavy atom. The molecule has 0 fully saturated rings. The number of ether oxygens (including phenoxy) is 1. The van der Waals surface area contributed by atoms with Gasteiger partial charge >= 0.3 is 5.97 Å². The molecule has 0 radical (unpaired) electrons. The van der Waals surface area contributed by atoms with Gasteiger partial charge in [0.1, 0.15) is 5.78 Å². The highest BCUT2D eigenvalue weighted by Crippen LogP contribution is 2.07. The Morgan fingerprint density at radius 2 is 1.40 bits per heavy atom. The molecular weight excluding hydrogens is 316 g/mol. The number of unbranched alkanes of at least 4 members (excludes halogenated alkanes) is 5. The zero-order chi connectivity index (χ0) is 19.5. The van der Waals surface area contributed by atoms with Crippen LogP contribution in [-0.4, -0.2) is 30.1 Å². The molecule has 0 spiro atoms. The van der Waals surface area contributed by atoms with Crippen LogP contribution < -0.4 is 0 Å². The molecule has 0 aliphatic carbocycles. The van der Waals surface area contributed by atoms with Gasteiger partial charge in [-0.2, -0.15) is 0 Å². The number of esters is 1. The first kappa shape index (κ1) is 26.3. The van der Waals surface area contributed by atoms with E-state index in [1.165, 1.54) is 32.1 Å². The average Bonchev–Trinajstić information content (AvgIpc) is 2.64. The number of aliphatic hydroxyl groups excluding tert-OH is 1. The highest BCUT2D eigenvalue weighted by molar-refractivity contribution is 5.80. The molecule has 4 nitrogen and oxygen atoms in total. The van der Waals surface area contributed by atoms with E-state index in [0.717, 1.165) is 19.3 Å². The zero-order valence-corrected chi connectivity index (χ0v) is 17.3. The predicted molar refractivity (Wildman–Crippen MR) is 105 cm³/mol. The van der Waals surface area contributed by atoms with Gasteiger partial charge in [-0.05, 0) is 25.7 Å². The van der Waals surface area contributed by atoms with Crippen molar-refractivity contribution in [2.45, 2.75) is 98.8 Å². The number of ketones is 1. The first-order valence-electron chi connectivity index (χ1n) is 10.2. The fourth-order valence-electron chi connectivity index (χ4n) is 2.09. The Labute approximate surface area is 155 Å². The SMILES string of the molecule is CCC(C)C(=O)CCCO.CCCCCCCCOC(=O)C(C)CC. The number of hydrogen-bond donors (Lipinski definition) is 1. The number of hydrogen-bond acceptors (Lipinski definition) is 4. The Balaban J connectivity index is 0. The fourth-order valence-corrected chi connectivity index (χ4v) is 2.09. The summed E-state index contributed by atoms with van der Waals surface area (Å²) in [4.78, 5) is 22.3. The molecule has 0 saturated heterocycles. The normalized spacial score (nSPS) is 12.7. The largest absolute Gasteiger partial charge is 0.465 e. The van der Waals surface area contributed by atoms with Crippen molar-refractivity contribution >= 4 is 11.8 Å². The summed E-state index contributed by atoms with van der Waals surface area (Å²) in [5.74, 6) is 0.472. The third-order valence-electron chi connectivity index (χ3n) is 4.50. The van der Waals surface area contributed by atoms with Crippen LogP contribution >= 0.6 is 0 Å². The average molecular weight is 359 g/mol. The first-order chi connectivity index (χ1) is 11.9. The Kier molecular flexibility index (Phi) is 20.5. The third-order valence-corrected chi connectivity index (χ3v) is 4.50. The summed E-state index contributed by atoms with van der Waals surface area (Å²) in [6, 6.07) is 0. The maximum atomic E-state index is 11.3. The van der Waals surface area contributed by atoms with Gasteiger partial charge in [-0.25, -0.2) is 0 Å². The van der Waals surface area contributed by atoms with Gasteiger partial charge in [-0.1, -0.05) is 66.7 Å². The number of rotatable bonds is 14. The molecule has 1 N–H and O–H groups in total. The maximum Gasteiger partial charge on any atom is 0.308 e.